The topological polar surface area (TPSA) is 122 Å². The van der Waals surface area contributed by atoms with Crippen LogP contribution < -0.4 is 19.1 Å². The first-order valence-electron chi connectivity index (χ1n) is 8.92. The van der Waals surface area contributed by atoms with Gasteiger partial charge in [-0.2, -0.15) is 0 Å². The van der Waals surface area contributed by atoms with Crippen LogP contribution in [0.1, 0.15) is 0 Å². The van der Waals surface area contributed by atoms with E-state index in [2.05, 4.69) is 5.32 Å². The maximum atomic E-state index is 12.6. The third-order valence-electron chi connectivity index (χ3n) is 4.27. The minimum atomic E-state index is -3.84. The normalized spacial score (nSPS) is 11.8. The molecule has 31 heavy (non-hydrogen) atoms. The molecule has 0 aliphatic carbocycles. The van der Waals surface area contributed by atoms with E-state index < -0.39 is 32.5 Å². The number of methoxy groups -OCH3 is 2. The molecule has 0 saturated carbocycles. The number of benzene rings is 2. The molecule has 0 aliphatic rings. The smallest absolute Gasteiger partial charge is 0.245 e. The maximum Gasteiger partial charge on any atom is 0.245 e. The van der Waals surface area contributed by atoms with Crippen LogP contribution >= 0.6 is 0 Å². The van der Waals surface area contributed by atoms with Crippen LogP contribution in [0.25, 0.3) is 0 Å². The lowest BCUT2D eigenvalue weighted by Crippen LogP contribution is -2.37. The lowest BCUT2D eigenvalue weighted by atomic mass is 10.2. The SMILES string of the molecule is COc1ccc(OC)c(NC(=O)CN(c2ccc(S(=O)(=O)N(C)C)cc2)S(C)(=O)=O)c1. The van der Waals surface area contributed by atoms with Gasteiger partial charge in [0.15, 0.2) is 0 Å². The van der Waals surface area contributed by atoms with Crippen molar-refractivity contribution in [2.45, 2.75) is 4.90 Å². The van der Waals surface area contributed by atoms with Crippen molar-refractivity contribution in [2.24, 2.45) is 0 Å². The third kappa shape index (κ3) is 5.87. The average Bonchev–Trinajstić information content (AvgIpc) is 2.71. The highest BCUT2D eigenvalue weighted by Gasteiger charge is 2.23. The molecule has 0 fully saturated rings. The summed E-state index contributed by atoms with van der Waals surface area (Å²) in [6, 6.07) is 10.0. The summed E-state index contributed by atoms with van der Waals surface area (Å²) in [6.07, 6.45) is 0.955. The predicted molar refractivity (Wildman–Crippen MR) is 118 cm³/mol. The molecule has 0 aromatic heterocycles. The summed E-state index contributed by atoms with van der Waals surface area (Å²) in [5.41, 5.74) is 0.459. The van der Waals surface area contributed by atoms with Crippen LogP contribution in [0.4, 0.5) is 11.4 Å². The van der Waals surface area contributed by atoms with E-state index in [0.717, 1.165) is 14.9 Å². The largest absolute Gasteiger partial charge is 0.497 e. The molecule has 0 aliphatic heterocycles. The molecular formula is C19H25N3O7S2. The highest BCUT2D eigenvalue weighted by molar-refractivity contribution is 7.92. The number of carbonyl (C=O) groups excluding carboxylic acids is 1. The van der Waals surface area contributed by atoms with Gasteiger partial charge in [0.2, 0.25) is 26.0 Å². The van der Waals surface area contributed by atoms with Crippen LogP contribution in [0.2, 0.25) is 0 Å². The Hall–Kier alpha value is -2.83. The number of rotatable bonds is 9. The van der Waals surface area contributed by atoms with E-state index in [9.17, 15) is 21.6 Å². The summed E-state index contributed by atoms with van der Waals surface area (Å²) >= 11 is 0. The van der Waals surface area contributed by atoms with Gasteiger partial charge in [0, 0.05) is 20.2 Å². The molecule has 0 bridgehead atoms. The summed E-state index contributed by atoms with van der Waals surface area (Å²) < 4.78 is 61.3. The van der Waals surface area contributed by atoms with Crippen LogP contribution in [0.15, 0.2) is 47.4 Å². The minimum Gasteiger partial charge on any atom is -0.497 e. The number of nitrogens with zero attached hydrogens (tertiary/aromatic N) is 2. The number of hydrogen-bond donors (Lipinski definition) is 1. The lowest BCUT2D eigenvalue weighted by Gasteiger charge is -2.22. The quantitative estimate of drug-likeness (QED) is 0.586. The van der Waals surface area contributed by atoms with Crippen molar-refractivity contribution < 1.29 is 31.1 Å². The van der Waals surface area contributed by atoms with Crippen molar-refractivity contribution >= 4 is 37.3 Å². The second kappa shape index (κ2) is 9.54. The standard InChI is InChI=1S/C19H25N3O7S2/c1-21(2)31(26,27)16-9-6-14(7-10-16)22(30(5,24)25)13-19(23)20-17-12-15(28-3)8-11-18(17)29-4/h6-12H,13H2,1-5H3,(H,20,23). The fraction of sp³-hybridized carbons (Fsp3) is 0.316. The Labute approximate surface area is 182 Å². The summed E-state index contributed by atoms with van der Waals surface area (Å²) in [4.78, 5) is 12.6. The Balaban J connectivity index is 2.30. The summed E-state index contributed by atoms with van der Waals surface area (Å²) in [5, 5.41) is 2.61. The summed E-state index contributed by atoms with van der Waals surface area (Å²) in [5.74, 6) is 0.231. The maximum absolute atomic E-state index is 12.6. The number of ether oxygens (including phenoxy) is 2. The molecule has 0 spiro atoms. The zero-order chi connectivity index (χ0) is 23.4. The van der Waals surface area contributed by atoms with Gasteiger partial charge >= 0.3 is 0 Å². The van der Waals surface area contributed by atoms with E-state index in [4.69, 9.17) is 9.47 Å². The van der Waals surface area contributed by atoms with Gasteiger partial charge in [-0.05, 0) is 36.4 Å². The van der Waals surface area contributed by atoms with Crippen molar-refractivity contribution in [3.8, 4) is 11.5 Å². The van der Waals surface area contributed by atoms with E-state index in [-0.39, 0.29) is 10.6 Å². The molecule has 0 atom stereocenters. The highest BCUT2D eigenvalue weighted by atomic mass is 32.2. The van der Waals surface area contributed by atoms with E-state index in [1.807, 2.05) is 0 Å². The van der Waals surface area contributed by atoms with Gasteiger partial charge in [0.1, 0.15) is 18.0 Å². The zero-order valence-corrected chi connectivity index (χ0v) is 19.5. The molecule has 2 rings (SSSR count). The molecule has 0 heterocycles. The molecule has 0 unspecified atom stereocenters. The number of nitrogens with one attached hydrogen (secondary N) is 1. The number of anilines is 2. The second-order valence-electron chi connectivity index (χ2n) is 6.67. The van der Waals surface area contributed by atoms with Crippen molar-refractivity contribution in [3.63, 3.8) is 0 Å². The summed E-state index contributed by atoms with van der Waals surface area (Å²) in [6.45, 7) is -0.529. The van der Waals surface area contributed by atoms with Gasteiger partial charge in [0.25, 0.3) is 0 Å². The number of hydrogen-bond acceptors (Lipinski definition) is 7. The van der Waals surface area contributed by atoms with Gasteiger partial charge in [-0.1, -0.05) is 0 Å². The lowest BCUT2D eigenvalue weighted by molar-refractivity contribution is -0.114. The van der Waals surface area contributed by atoms with Gasteiger partial charge in [-0.25, -0.2) is 21.1 Å². The van der Waals surface area contributed by atoms with Crippen molar-refractivity contribution in [2.75, 3.05) is 50.7 Å². The van der Waals surface area contributed by atoms with E-state index in [1.165, 1.54) is 52.6 Å². The third-order valence-corrected chi connectivity index (χ3v) is 7.24. The first-order chi connectivity index (χ1) is 14.4. The number of amides is 1. The summed E-state index contributed by atoms with van der Waals surface area (Å²) in [7, 11) is -1.82. The van der Waals surface area contributed by atoms with Crippen LogP contribution in [-0.4, -0.2) is 68.2 Å². The van der Waals surface area contributed by atoms with Gasteiger partial charge in [0.05, 0.1) is 36.7 Å². The molecule has 1 amide bonds. The Morgan fingerprint density at radius 1 is 0.968 bits per heavy atom. The molecule has 1 N–H and O–H groups in total. The van der Waals surface area contributed by atoms with Gasteiger partial charge < -0.3 is 14.8 Å². The van der Waals surface area contributed by atoms with E-state index in [0.29, 0.717) is 17.2 Å². The highest BCUT2D eigenvalue weighted by Crippen LogP contribution is 2.29. The minimum absolute atomic E-state index is 0.000250. The van der Waals surface area contributed by atoms with Crippen molar-refractivity contribution in [1.29, 1.82) is 0 Å². The molecular weight excluding hydrogens is 446 g/mol. The second-order valence-corrected chi connectivity index (χ2v) is 10.7. The fourth-order valence-electron chi connectivity index (χ4n) is 2.63. The van der Waals surface area contributed by atoms with Crippen LogP contribution in [0, 0.1) is 0 Å². The van der Waals surface area contributed by atoms with E-state index in [1.54, 1.807) is 18.2 Å². The molecule has 0 saturated heterocycles. The molecule has 2 aromatic rings. The molecule has 10 nitrogen and oxygen atoms in total. The Morgan fingerprint density at radius 3 is 2.06 bits per heavy atom. The van der Waals surface area contributed by atoms with Crippen LogP contribution in [0.3, 0.4) is 0 Å². The molecule has 170 valence electrons. The predicted octanol–water partition coefficient (Wildman–Crippen LogP) is 1.36. The Bertz CT molecular complexity index is 1150. The first kappa shape index (κ1) is 24.4. The molecule has 12 heteroatoms. The number of sulfonamides is 2. The number of carbonyl (C=O) groups is 1. The van der Waals surface area contributed by atoms with E-state index >= 15 is 0 Å². The van der Waals surface area contributed by atoms with Gasteiger partial charge in [-0.15, -0.1) is 0 Å². The van der Waals surface area contributed by atoms with Crippen molar-refractivity contribution in [1.82, 2.24) is 4.31 Å². The molecule has 2 aromatic carbocycles. The Kier molecular flexibility index (Phi) is 7.52. The molecule has 0 radical (unpaired) electrons. The van der Waals surface area contributed by atoms with Crippen LogP contribution in [0.5, 0.6) is 11.5 Å². The zero-order valence-electron chi connectivity index (χ0n) is 17.8. The fourth-order valence-corrected chi connectivity index (χ4v) is 4.39. The monoisotopic (exact) mass is 471 g/mol. The van der Waals surface area contributed by atoms with Crippen LogP contribution in [-0.2, 0) is 24.8 Å². The van der Waals surface area contributed by atoms with Gasteiger partial charge in [-0.3, -0.25) is 9.10 Å². The average molecular weight is 472 g/mol. The Morgan fingerprint density at radius 2 is 1.58 bits per heavy atom. The van der Waals surface area contributed by atoms with Crippen molar-refractivity contribution in [3.05, 3.63) is 42.5 Å². The first-order valence-corrected chi connectivity index (χ1v) is 12.2.